The molecular formula is C13H25NO2. The van der Waals surface area contributed by atoms with Crippen molar-refractivity contribution in [2.24, 2.45) is 11.3 Å². The molecule has 1 N–H and O–H groups in total. The predicted octanol–water partition coefficient (Wildman–Crippen LogP) is 2.35. The van der Waals surface area contributed by atoms with Gasteiger partial charge in [0, 0.05) is 13.2 Å². The maximum Gasteiger partial charge on any atom is 0.246 e. The molecule has 0 saturated heterocycles. The zero-order chi connectivity index (χ0) is 12.2. The van der Waals surface area contributed by atoms with Gasteiger partial charge in [-0.3, -0.25) is 4.79 Å². The molecule has 94 valence electrons. The van der Waals surface area contributed by atoms with Gasteiger partial charge in [-0.25, -0.2) is 0 Å². The third kappa shape index (κ3) is 4.12. The van der Waals surface area contributed by atoms with Crippen molar-refractivity contribution in [2.45, 2.75) is 52.5 Å². The first-order valence-corrected chi connectivity index (χ1v) is 6.21. The average Bonchev–Trinajstić information content (AvgIpc) is 2.17. The summed E-state index contributed by atoms with van der Waals surface area (Å²) in [5, 5.41) is 3.06. The van der Waals surface area contributed by atoms with Crippen LogP contribution in [0.5, 0.6) is 0 Å². The number of ether oxygens (including phenoxy) is 1. The fourth-order valence-corrected chi connectivity index (χ4v) is 2.51. The van der Waals surface area contributed by atoms with Crippen LogP contribution in [0.3, 0.4) is 0 Å². The standard InChI is InChI=1S/C13H25NO2/c1-13(2,3)10-6-5-7-11(8-10)14-12(15)9-16-4/h10-11H,5-9H2,1-4H3,(H,14,15). The molecule has 2 unspecified atom stereocenters. The largest absolute Gasteiger partial charge is 0.375 e. The van der Waals surface area contributed by atoms with Gasteiger partial charge in [-0.05, 0) is 30.6 Å². The van der Waals surface area contributed by atoms with Gasteiger partial charge in [-0.2, -0.15) is 0 Å². The van der Waals surface area contributed by atoms with Crippen molar-refractivity contribution < 1.29 is 9.53 Å². The number of carbonyl (C=O) groups excluding carboxylic acids is 1. The van der Waals surface area contributed by atoms with Crippen molar-refractivity contribution in [3.8, 4) is 0 Å². The summed E-state index contributed by atoms with van der Waals surface area (Å²) in [6, 6.07) is 0.348. The summed E-state index contributed by atoms with van der Waals surface area (Å²) in [6.07, 6.45) is 4.74. The lowest BCUT2D eigenvalue weighted by atomic mass is 9.71. The first kappa shape index (κ1) is 13.5. The van der Waals surface area contributed by atoms with E-state index in [2.05, 4.69) is 26.1 Å². The molecule has 1 fully saturated rings. The molecule has 1 aliphatic carbocycles. The van der Waals surface area contributed by atoms with E-state index in [1.807, 2.05) is 0 Å². The van der Waals surface area contributed by atoms with Gasteiger partial charge in [0.05, 0.1) is 0 Å². The highest BCUT2D eigenvalue weighted by atomic mass is 16.5. The van der Waals surface area contributed by atoms with E-state index >= 15 is 0 Å². The maximum atomic E-state index is 11.4. The second-order valence-electron chi connectivity index (χ2n) is 5.93. The number of amides is 1. The molecule has 3 nitrogen and oxygen atoms in total. The number of hydrogen-bond acceptors (Lipinski definition) is 2. The Kier molecular flexibility index (Phi) is 4.78. The van der Waals surface area contributed by atoms with Crippen LogP contribution in [0.2, 0.25) is 0 Å². The van der Waals surface area contributed by atoms with Gasteiger partial charge in [-0.1, -0.05) is 27.2 Å². The summed E-state index contributed by atoms with van der Waals surface area (Å²) in [7, 11) is 1.55. The second kappa shape index (κ2) is 5.67. The van der Waals surface area contributed by atoms with E-state index < -0.39 is 0 Å². The second-order valence-corrected chi connectivity index (χ2v) is 5.93. The molecule has 3 heteroatoms. The van der Waals surface area contributed by atoms with Crippen molar-refractivity contribution in [3.63, 3.8) is 0 Å². The Morgan fingerprint density at radius 3 is 2.62 bits per heavy atom. The van der Waals surface area contributed by atoms with E-state index in [1.54, 1.807) is 7.11 Å². The zero-order valence-corrected chi connectivity index (χ0v) is 11.0. The van der Waals surface area contributed by atoms with Gasteiger partial charge in [0.1, 0.15) is 6.61 Å². The first-order chi connectivity index (χ1) is 7.43. The normalized spacial score (nSPS) is 26.5. The molecular weight excluding hydrogens is 202 g/mol. The van der Waals surface area contributed by atoms with E-state index in [9.17, 15) is 4.79 Å². The van der Waals surface area contributed by atoms with Crippen LogP contribution >= 0.6 is 0 Å². The van der Waals surface area contributed by atoms with Crippen LogP contribution in [-0.4, -0.2) is 25.7 Å². The number of rotatable bonds is 3. The summed E-state index contributed by atoms with van der Waals surface area (Å²) in [4.78, 5) is 11.4. The van der Waals surface area contributed by atoms with Crippen LogP contribution in [0.4, 0.5) is 0 Å². The summed E-state index contributed by atoms with van der Waals surface area (Å²) in [5.41, 5.74) is 0.352. The van der Waals surface area contributed by atoms with E-state index in [-0.39, 0.29) is 12.5 Å². The number of nitrogens with one attached hydrogen (secondary N) is 1. The molecule has 0 radical (unpaired) electrons. The third-order valence-electron chi connectivity index (χ3n) is 3.54. The molecule has 0 aromatic heterocycles. The van der Waals surface area contributed by atoms with Crippen molar-refractivity contribution in [1.29, 1.82) is 0 Å². The molecule has 0 aromatic carbocycles. The van der Waals surface area contributed by atoms with Crippen molar-refractivity contribution >= 4 is 5.91 Å². The summed E-state index contributed by atoms with van der Waals surface area (Å²) in [6.45, 7) is 7.04. The van der Waals surface area contributed by atoms with Gasteiger partial charge >= 0.3 is 0 Å². The first-order valence-electron chi connectivity index (χ1n) is 6.21. The van der Waals surface area contributed by atoms with E-state index in [0.29, 0.717) is 17.4 Å². The Labute approximate surface area is 98.9 Å². The predicted molar refractivity (Wildman–Crippen MR) is 65.2 cm³/mol. The quantitative estimate of drug-likeness (QED) is 0.803. The van der Waals surface area contributed by atoms with Gasteiger partial charge in [-0.15, -0.1) is 0 Å². The highest BCUT2D eigenvalue weighted by Crippen LogP contribution is 2.37. The van der Waals surface area contributed by atoms with Crippen molar-refractivity contribution in [3.05, 3.63) is 0 Å². The lowest BCUT2D eigenvalue weighted by Crippen LogP contribution is -2.42. The molecule has 16 heavy (non-hydrogen) atoms. The number of methoxy groups -OCH3 is 1. The highest BCUT2D eigenvalue weighted by molar-refractivity contribution is 5.77. The maximum absolute atomic E-state index is 11.4. The van der Waals surface area contributed by atoms with Gasteiger partial charge in [0.2, 0.25) is 5.91 Å². The van der Waals surface area contributed by atoms with Crippen LogP contribution in [0.15, 0.2) is 0 Å². The molecule has 1 rings (SSSR count). The Morgan fingerprint density at radius 1 is 1.38 bits per heavy atom. The lowest BCUT2D eigenvalue weighted by Gasteiger charge is -2.37. The SMILES string of the molecule is COCC(=O)NC1CCCC(C(C)(C)C)C1. The van der Waals surface area contributed by atoms with Crippen LogP contribution in [-0.2, 0) is 9.53 Å². The van der Waals surface area contributed by atoms with Crippen LogP contribution in [0.1, 0.15) is 46.5 Å². The molecule has 0 aliphatic heterocycles. The van der Waals surface area contributed by atoms with E-state index in [4.69, 9.17) is 4.74 Å². The van der Waals surface area contributed by atoms with Crippen LogP contribution in [0, 0.1) is 11.3 Å². The number of carbonyl (C=O) groups is 1. The van der Waals surface area contributed by atoms with Crippen LogP contribution < -0.4 is 5.32 Å². The topological polar surface area (TPSA) is 38.3 Å². The third-order valence-corrected chi connectivity index (χ3v) is 3.54. The van der Waals surface area contributed by atoms with Gasteiger partial charge < -0.3 is 10.1 Å². The van der Waals surface area contributed by atoms with Crippen LogP contribution in [0.25, 0.3) is 0 Å². The monoisotopic (exact) mass is 227 g/mol. The summed E-state index contributed by atoms with van der Waals surface area (Å²) >= 11 is 0. The molecule has 0 bridgehead atoms. The minimum absolute atomic E-state index is 0.0158. The smallest absolute Gasteiger partial charge is 0.246 e. The molecule has 1 amide bonds. The highest BCUT2D eigenvalue weighted by Gasteiger charge is 2.30. The molecule has 2 atom stereocenters. The van der Waals surface area contributed by atoms with Gasteiger partial charge in [0.15, 0.2) is 0 Å². The van der Waals surface area contributed by atoms with Crippen molar-refractivity contribution in [2.75, 3.05) is 13.7 Å². The molecule has 1 aliphatic rings. The number of hydrogen-bond donors (Lipinski definition) is 1. The zero-order valence-electron chi connectivity index (χ0n) is 11.0. The molecule has 0 aromatic rings. The fraction of sp³-hybridized carbons (Fsp3) is 0.923. The minimum atomic E-state index is 0.0158. The summed E-state index contributed by atoms with van der Waals surface area (Å²) in [5.74, 6) is 0.733. The van der Waals surface area contributed by atoms with E-state index in [0.717, 1.165) is 12.8 Å². The minimum Gasteiger partial charge on any atom is -0.375 e. The van der Waals surface area contributed by atoms with Gasteiger partial charge in [0.25, 0.3) is 0 Å². The Hall–Kier alpha value is -0.570. The fourth-order valence-electron chi connectivity index (χ4n) is 2.51. The Morgan fingerprint density at radius 2 is 2.06 bits per heavy atom. The Balaban J connectivity index is 2.42. The average molecular weight is 227 g/mol. The van der Waals surface area contributed by atoms with Crippen molar-refractivity contribution in [1.82, 2.24) is 5.32 Å². The molecule has 0 spiro atoms. The van der Waals surface area contributed by atoms with E-state index in [1.165, 1.54) is 12.8 Å². The molecule has 0 heterocycles. The summed E-state index contributed by atoms with van der Waals surface area (Å²) < 4.78 is 4.83. The molecule has 1 saturated carbocycles. The Bertz CT molecular complexity index is 233. The lowest BCUT2D eigenvalue weighted by molar-refractivity contribution is -0.125.